The fourth-order valence-corrected chi connectivity index (χ4v) is 2.74. The fourth-order valence-electron chi connectivity index (χ4n) is 2.74. The summed E-state index contributed by atoms with van der Waals surface area (Å²) < 4.78 is 6.97. The Morgan fingerprint density at radius 2 is 2.11 bits per heavy atom. The minimum atomic E-state index is -0.170. The highest BCUT2D eigenvalue weighted by Crippen LogP contribution is 2.21. The van der Waals surface area contributed by atoms with E-state index in [0.717, 1.165) is 11.4 Å². The molecular weight excluding hydrogens is 356 g/mol. The summed E-state index contributed by atoms with van der Waals surface area (Å²) in [6, 6.07) is 12.6. The van der Waals surface area contributed by atoms with Gasteiger partial charge in [-0.05, 0) is 24.3 Å². The van der Waals surface area contributed by atoms with Gasteiger partial charge in [-0.3, -0.25) is 9.78 Å². The average Bonchev–Trinajstić information content (AvgIpc) is 3.19. The van der Waals surface area contributed by atoms with Crippen molar-refractivity contribution in [3.05, 3.63) is 65.9 Å². The van der Waals surface area contributed by atoms with Crippen molar-refractivity contribution in [2.75, 3.05) is 20.3 Å². The van der Waals surface area contributed by atoms with E-state index in [1.165, 1.54) is 0 Å². The Kier molecular flexibility index (Phi) is 6.44. The number of methoxy groups -OCH3 is 1. The summed E-state index contributed by atoms with van der Waals surface area (Å²) in [6.45, 7) is 1.70. The van der Waals surface area contributed by atoms with Crippen LogP contribution in [0.25, 0.3) is 11.3 Å². The predicted molar refractivity (Wildman–Crippen MR) is 102 cm³/mol. The molecule has 2 heterocycles. The van der Waals surface area contributed by atoms with Crippen LogP contribution >= 0.6 is 0 Å². The SMILES string of the molecule is COCCn1cnnc1CCNC(=O)c1ccc(-c2ncccc2C#N)cc1. The minimum Gasteiger partial charge on any atom is -0.383 e. The molecule has 0 aliphatic carbocycles. The number of hydrogen-bond acceptors (Lipinski definition) is 6. The molecule has 1 aromatic carbocycles. The summed E-state index contributed by atoms with van der Waals surface area (Å²) in [5.74, 6) is 0.628. The van der Waals surface area contributed by atoms with Crippen molar-refractivity contribution in [2.24, 2.45) is 0 Å². The topological polar surface area (TPSA) is 106 Å². The normalized spacial score (nSPS) is 10.4. The Labute approximate surface area is 162 Å². The first kappa shape index (κ1) is 19.2. The van der Waals surface area contributed by atoms with Gasteiger partial charge in [-0.2, -0.15) is 5.26 Å². The molecule has 1 amide bonds. The van der Waals surface area contributed by atoms with Gasteiger partial charge < -0.3 is 14.6 Å². The molecule has 3 rings (SSSR count). The lowest BCUT2D eigenvalue weighted by atomic mass is 10.0. The number of nitrogens with zero attached hydrogens (tertiary/aromatic N) is 5. The van der Waals surface area contributed by atoms with Gasteiger partial charge in [-0.15, -0.1) is 10.2 Å². The van der Waals surface area contributed by atoms with Crippen LogP contribution in [0.4, 0.5) is 0 Å². The maximum absolute atomic E-state index is 12.4. The summed E-state index contributed by atoms with van der Waals surface area (Å²) in [5, 5.41) is 20.0. The van der Waals surface area contributed by atoms with Crippen molar-refractivity contribution in [3.8, 4) is 17.3 Å². The molecule has 0 aliphatic heterocycles. The summed E-state index contributed by atoms with van der Waals surface area (Å²) >= 11 is 0. The van der Waals surface area contributed by atoms with Crippen molar-refractivity contribution in [3.63, 3.8) is 0 Å². The van der Waals surface area contributed by atoms with E-state index >= 15 is 0 Å². The molecule has 8 nitrogen and oxygen atoms in total. The maximum atomic E-state index is 12.4. The first-order chi connectivity index (χ1) is 13.7. The first-order valence-corrected chi connectivity index (χ1v) is 8.82. The third-order valence-corrected chi connectivity index (χ3v) is 4.21. The van der Waals surface area contributed by atoms with Crippen LogP contribution < -0.4 is 5.32 Å². The second-order valence-electron chi connectivity index (χ2n) is 6.03. The second-order valence-corrected chi connectivity index (χ2v) is 6.03. The van der Waals surface area contributed by atoms with E-state index < -0.39 is 0 Å². The Bertz CT molecular complexity index is 975. The second kappa shape index (κ2) is 9.39. The number of ether oxygens (including phenoxy) is 1. The molecule has 0 atom stereocenters. The number of nitrogens with one attached hydrogen (secondary N) is 1. The van der Waals surface area contributed by atoms with Crippen LogP contribution in [0.15, 0.2) is 48.9 Å². The highest BCUT2D eigenvalue weighted by molar-refractivity contribution is 5.94. The molecule has 0 saturated heterocycles. The molecule has 0 radical (unpaired) electrons. The van der Waals surface area contributed by atoms with Gasteiger partial charge in [0.15, 0.2) is 0 Å². The largest absolute Gasteiger partial charge is 0.383 e. The van der Waals surface area contributed by atoms with Crippen LogP contribution in [0.1, 0.15) is 21.7 Å². The molecule has 0 bridgehead atoms. The van der Waals surface area contributed by atoms with Gasteiger partial charge in [0.2, 0.25) is 0 Å². The van der Waals surface area contributed by atoms with Crippen molar-refractivity contribution in [1.82, 2.24) is 25.1 Å². The number of rotatable bonds is 8. The van der Waals surface area contributed by atoms with Crippen LogP contribution in [0, 0.1) is 11.3 Å². The summed E-state index contributed by atoms with van der Waals surface area (Å²) in [4.78, 5) is 16.6. The van der Waals surface area contributed by atoms with Crippen molar-refractivity contribution >= 4 is 5.91 Å². The zero-order valence-corrected chi connectivity index (χ0v) is 15.5. The van der Waals surface area contributed by atoms with Gasteiger partial charge in [-0.25, -0.2) is 0 Å². The number of carbonyl (C=O) groups excluding carboxylic acids is 1. The number of aromatic nitrogens is 4. The van der Waals surface area contributed by atoms with Crippen LogP contribution in [-0.2, 0) is 17.7 Å². The van der Waals surface area contributed by atoms with Gasteiger partial charge in [0.05, 0.1) is 17.9 Å². The van der Waals surface area contributed by atoms with Gasteiger partial charge >= 0.3 is 0 Å². The van der Waals surface area contributed by atoms with Crippen molar-refractivity contribution in [2.45, 2.75) is 13.0 Å². The molecule has 28 heavy (non-hydrogen) atoms. The van der Waals surface area contributed by atoms with Crippen LogP contribution in [0.5, 0.6) is 0 Å². The van der Waals surface area contributed by atoms with Crippen LogP contribution in [0.3, 0.4) is 0 Å². The zero-order valence-electron chi connectivity index (χ0n) is 15.5. The van der Waals surface area contributed by atoms with E-state index in [-0.39, 0.29) is 5.91 Å². The average molecular weight is 376 g/mol. The molecule has 8 heteroatoms. The van der Waals surface area contributed by atoms with Gasteiger partial charge in [0.25, 0.3) is 5.91 Å². The van der Waals surface area contributed by atoms with E-state index in [9.17, 15) is 10.1 Å². The van der Waals surface area contributed by atoms with Crippen LogP contribution in [-0.4, -0.2) is 45.9 Å². The van der Waals surface area contributed by atoms with Gasteiger partial charge in [0.1, 0.15) is 18.2 Å². The Morgan fingerprint density at radius 3 is 2.86 bits per heavy atom. The lowest BCUT2D eigenvalue weighted by Gasteiger charge is -2.08. The molecule has 0 fully saturated rings. The van der Waals surface area contributed by atoms with Crippen LogP contribution in [0.2, 0.25) is 0 Å². The lowest BCUT2D eigenvalue weighted by molar-refractivity contribution is 0.0954. The summed E-state index contributed by atoms with van der Waals surface area (Å²) in [7, 11) is 1.64. The molecule has 2 aromatic heterocycles. The number of nitriles is 1. The quantitative estimate of drug-likeness (QED) is 0.643. The molecule has 142 valence electrons. The number of benzene rings is 1. The third kappa shape index (κ3) is 4.58. The molecular formula is C20H20N6O2. The molecule has 1 N–H and O–H groups in total. The third-order valence-electron chi connectivity index (χ3n) is 4.21. The number of amides is 1. The van der Waals surface area contributed by atoms with Crippen molar-refractivity contribution < 1.29 is 9.53 Å². The first-order valence-electron chi connectivity index (χ1n) is 8.82. The number of pyridine rings is 1. The molecule has 0 spiro atoms. The lowest BCUT2D eigenvalue weighted by Crippen LogP contribution is -2.26. The summed E-state index contributed by atoms with van der Waals surface area (Å²) in [5.41, 5.74) is 2.43. The van der Waals surface area contributed by atoms with Gasteiger partial charge in [0, 0.05) is 43.9 Å². The van der Waals surface area contributed by atoms with Gasteiger partial charge in [-0.1, -0.05) is 12.1 Å². The molecule has 0 unspecified atom stereocenters. The monoisotopic (exact) mass is 376 g/mol. The Balaban J connectivity index is 1.58. The van der Waals surface area contributed by atoms with Crippen molar-refractivity contribution in [1.29, 1.82) is 5.26 Å². The van der Waals surface area contributed by atoms with E-state index in [4.69, 9.17) is 4.74 Å². The van der Waals surface area contributed by atoms with E-state index in [0.29, 0.717) is 42.9 Å². The smallest absolute Gasteiger partial charge is 0.251 e. The summed E-state index contributed by atoms with van der Waals surface area (Å²) in [6.07, 6.45) is 3.87. The highest BCUT2D eigenvalue weighted by atomic mass is 16.5. The highest BCUT2D eigenvalue weighted by Gasteiger charge is 2.10. The fraction of sp³-hybridized carbons (Fsp3) is 0.250. The number of carbonyl (C=O) groups is 1. The standard InChI is InChI=1S/C20H20N6O2/c1-28-12-11-26-14-24-25-18(26)8-10-23-20(27)16-6-4-15(5-7-16)19-17(13-21)3-2-9-22-19/h2-7,9,14H,8,10-12H2,1H3,(H,23,27). The predicted octanol–water partition coefficient (Wildman–Crippen LogP) is 1.83. The Morgan fingerprint density at radius 1 is 1.29 bits per heavy atom. The zero-order chi connectivity index (χ0) is 19.8. The van der Waals surface area contributed by atoms with E-state index in [1.54, 1.807) is 56.0 Å². The van der Waals surface area contributed by atoms with E-state index in [1.807, 2.05) is 4.57 Å². The Hall–Kier alpha value is -3.57. The van der Waals surface area contributed by atoms with E-state index in [2.05, 4.69) is 26.6 Å². The molecule has 0 saturated carbocycles. The number of hydrogen-bond donors (Lipinski definition) is 1. The molecule has 3 aromatic rings. The minimum absolute atomic E-state index is 0.170. The molecule has 0 aliphatic rings. The maximum Gasteiger partial charge on any atom is 0.251 e.